The Bertz CT molecular complexity index is 1010. The molecule has 0 spiro atoms. The first-order valence-corrected chi connectivity index (χ1v) is 8.64. The van der Waals surface area contributed by atoms with E-state index >= 15 is 0 Å². The second-order valence-electron chi connectivity index (χ2n) is 5.70. The summed E-state index contributed by atoms with van der Waals surface area (Å²) >= 11 is 2.95. The number of nitrogens with one attached hydrogen (secondary N) is 2. The zero-order valence-corrected chi connectivity index (χ0v) is 15.4. The Morgan fingerprint density at radius 2 is 1.96 bits per heavy atom. The first-order valence-electron chi connectivity index (χ1n) is 7.84. The third-order valence-corrected chi connectivity index (χ3v) is 4.27. The lowest BCUT2D eigenvalue weighted by molar-refractivity contribution is 0.596. The highest BCUT2D eigenvalue weighted by Crippen LogP contribution is 2.26. The molecule has 8 heteroatoms. The largest absolute Gasteiger partial charge is 0.370 e. The summed E-state index contributed by atoms with van der Waals surface area (Å²) in [4.78, 5) is 22.3. The number of aromatic nitrogens is 3. The molecule has 1 aromatic carbocycles. The molecule has 0 atom stereocenters. The zero-order chi connectivity index (χ0) is 18.7. The van der Waals surface area contributed by atoms with E-state index in [-0.39, 0.29) is 21.4 Å². The maximum absolute atomic E-state index is 14.2. The fraction of sp³-hybridized carbons (Fsp3) is 0.167. The quantitative estimate of drug-likeness (QED) is 0.615. The van der Waals surface area contributed by atoms with Gasteiger partial charge in [0, 0.05) is 30.6 Å². The van der Waals surface area contributed by atoms with Crippen LogP contribution in [0.4, 0.5) is 14.6 Å². The van der Waals surface area contributed by atoms with Crippen molar-refractivity contribution in [2.24, 2.45) is 0 Å². The second kappa shape index (κ2) is 7.74. The predicted molar refractivity (Wildman–Crippen MR) is 99.1 cm³/mol. The van der Waals surface area contributed by atoms with Crippen LogP contribution in [0, 0.1) is 18.6 Å². The van der Waals surface area contributed by atoms with Gasteiger partial charge in [-0.3, -0.25) is 4.79 Å². The third kappa shape index (κ3) is 4.32. The Labute approximate surface area is 156 Å². The first-order chi connectivity index (χ1) is 12.4. The number of nitrogens with zero attached hydrogens (tertiary/aromatic N) is 2. The van der Waals surface area contributed by atoms with Gasteiger partial charge < -0.3 is 10.3 Å². The fourth-order valence-electron chi connectivity index (χ4n) is 2.45. The SMILES string of the molecule is Cc1cc(NCCc2cc[nH]c(=O)c2)nc(-c2cc(F)c(Br)cc2F)n1. The molecule has 0 aliphatic carbocycles. The average Bonchev–Trinajstić information content (AvgIpc) is 2.58. The topological polar surface area (TPSA) is 70.7 Å². The summed E-state index contributed by atoms with van der Waals surface area (Å²) < 4.78 is 28.0. The van der Waals surface area contributed by atoms with E-state index < -0.39 is 11.6 Å². The summed E-state index contributed by atoms with van der Waals surface area (Å²) in [6.07, 6.45) is 2.21. The van der Waals surface area contributed by atoms with E-state index in [1.807, 2.05) is 6.07 Å². The van der Waals surface area contributed by atoms with Crippen molar-refractivity contribution in [3.8, 4) is 11.4 Å². The van der Waals surface area contributed by atoms with Crippen molar-refractivity contribution >= 4 is 21.7 Å². The van der Waals surface area contributed by atoms with Gasteiger partial charge in [0.25, 0.3) is 0 Å². The van der Waals surface area contributed by atoms with Crippen LogP contribution in [0.2, 0.25) is 0 Å². The van der Waals surface area contributed by atoms with E-state index in [9.17, 15) is 13.6 Å². The van der Waals surface area contributed by atoms with Crippen LogP contribution in [-0.4, -0.2) is 21.5 Å². The molecule has 2 N–H and O–H groups in total. The van der Waals surface area contributed by atoms with Crippen molar-refractivity contribution in [3.05, 3.63) is 74.2 Å². The lowest BCUT2D eigenvalue weighted by Crippen LogP contribution is -2.10. The van der Waals surface area contributed by atoms with Crippen molar-refractivity contribution in [1.29, 1.82) is 0 Å². The Kier molecular flexibility index (Phi) is 5.41. The Balaban J connectivity index is 1.80. The minimum atomic E-state index is -0.613. The average molecular weight is 421 g/mol. The number of benzene rings is 1. The van der Waals surface area contributed by atoms with Crippen molar-refractivity contribution < 1.29 is 8.78 Å². The summed E-state index contributed by atoms with van der Waals surface area (Å²) in [5, 5.41) is 3.12. The molecular formula is C18H15BrF2N4O. The Morgan fingerprint density at radius 1 is 1.15 bits per heavy atom. The highest BCUT2D eigenvalue weighted by atomic mass is 79.9. The van der Waals surface area contributed by atoms with Crippen LogP contribution < -0.4 is 10.9 Å². The molecule has 26 heavy (non-hydrogen) atoms. The summed E-state index contributed by atoms with van der Waals surface area (Å²) in [5.74, 6) is -0.596. The van der Waals surface area contributed by atoms with Crippen LogP contribution in [0.1, 0.15) is 11.3 Å². The van der Waals surface area contributed by atoms with Crippen LogP contribution in [0.5, 0.6) is 0 Å². The zero-order valence-electron chi connectivity index (χ0n) is 13.8. The van der Waals surface area contributed by atoms with E-state index in [1.54, 1.807) is 19.2 Å². The molecule has 3 aromatic rings. The molecule has 0 radical (unpaired) electrons. The normalized spacial score (nSPS) is 10.8. The van der Waals surface area contributed by atoms with Crippen LogP contribution in [0.15, 0.2) is 45.8 Å². The molecule has 0 bridgehead atoms. The summed E-state index contributed by atoms with van der Waals surface area (Å²) in [7, 11) is 0. The highest BCUT2D eigenvalue weighted by molar-refractivity contribution is 9.10. The van der Waals surface area contributed by atoms with E-state index in [4.69, 9.17) is 0 Å². The minimum absolute atomic E-state index is 0.00737. The van der Waals surface area contributed by atoms with E-state index in [1.165, 1.54) is 6.07 Å². The molecule has 0 amide bonds. The van der Waals surface area contributed by atoms with Crippen molar-refractivity contribution in [1.82, 2.24) is 15.0 Å². The van der Waals surface area contributed by atoms with Crippen molar-refractivity contribution in [2.75, 3.05) is 11.9 Å². The number of pyridine rings is 1. The van der Waals surface area contributed by atoms with Gasteiger partial charge in [-0.2, -0.15) is 0 Å². The van der Waals surface area contributed by atoms with Gasteiger partial charge in [-0.15, -0.1) is 0 Å². The number of aryl methyl sites for hydroxylation is 1. The number of halogens is 3. The van der Waals surface area contributed by atoms with Gasteiger partial charge in [-0.25, -0.2) is 18.7 Å². The predicted octanol–water partition coefficient (Wildman–Crippen LogP) is 3.84. The molecule has 2 heterocycles. The number of aromatic amines is 1. The van der Waals surface area contributed by atoms with Gasteiger partial charge in [0.1, 0.15) is 17.5 Å². The van der Waals surface area contributed by atoms with Crippen molar-refractivity contribution in [3.63, 3.8) is 0 Å². The summed E-state index contributed by atoms with van der Waals surface area (Å²) in [6.45, 7) is 2.27. The molecule has 2 aromatic heterocycles. The van der Waals surface area contributed by atoms with Crippen LogP contribution in [-0.2, 0) is 6.42 Å². The Hall–Kier alpha value is -2.61. The van der Waals surface area contributed by atoms with Crippen molar-refractivity contribution in [2.45, 2.75) is 13.3 Å². The maximum Gasteiger partial charge on any atom is 0.248 e. The molecule has 0 aliphatic rings. The Morgan fingerprint density at radius 3 is 2.73 bits per heavy atom. The number of rotatable bonds is 5. The number of H-pyrrole nitrogens is 1. The smallest absolute Gasteiger partial charge is 0.248 e. The van der Waals surface area contributed by atoms with E-state index in [0.717, 1.165) is 17.7 Å². The molecule has 3 rings (SSSR count). The molecule has 0 fully saturated rings. The fourth-order valence-corrected chi connectivity index (χ4v) is 2.77. The second-order valence-corrected chi connectivity index (χ2v) is 6.56. The van der Waals surface area contributed by atoms with Gasteiger partial charge in [0.15, 0.2) is 5.82 Å². The number of anilines is 1. The molecule has 0 saturated heterocycles. The van der Waals surface area contributed by atoms with Gasteiger partial charge >= 0.3 is 0 Å². The lowest BCUT2D eigenvalue weighted by Gasteiger charge is -2.10. The van der Waals surface area contributed by atoms with Gasteiger partial charge in [0.2, 0.25) is 5.56 Å². The van der Waals surface area contributed by atoms with Crippen LogP contribution >= 0.6 is 15.9 Å². The lowest BCUT2D eigenvalue weighted by atomic mass is 10.2. The number of hydrogen-bond donors (Lipinski definition) is 2. The van der Waals surface area contributed by atoms with Gasteiger partial charge in [0.05, 0.1) is 10.0 Å². The van der Waals surface area contributed by atoms with Crippen LogP contribution in [0.25, 0.3) is 11.4 Å². The minimum Gasteiger partial charge on any atom is -0.370 e. The van der Waals surface area contributed by atoms with Crippen LogP contribution in [0.3, 0.4) is 0 Å². The third-order valence-electron chi connectivity index (χ3n) is 3.66. The maximum atomic E-state index is 14.2. The first kappa shape index (κ1) is 18.2. The monoisotopic (exact) mass is 420 g/mol. The molecule has 0 unspecified atom stereocenters. The standard InChI is InChI=1S/C18H15BrF2N4O/c1-10-6-16(22-4-2-11-3-5-23-17(26)7-11)25-18(24-10)12-8-15(21)13(19)9-14(12)20/h3,5-9H,2,4H2,1H3,(H,23,26)(H,22,24,25). The molecule has 0 saturated carbocycles. The molecular weight excluding hydrogens is 406 g/mol. The molecule has 134 valence electrons. The van der Waals surface area contributed by atoms with E-state index in [0.29, 0.717) is 24.5 Å². The van der Waals surface area contributed by atoms with E-state index in [2.05, 4.69) is 36.2 Å². The van der Waals surface area contributed by atoms with Gasteiger partial charge in [-0.05, 0) is 53.0 Å². The summed E-state index contributed by atoms with van der Waals surface area (Å²) in [6, 6.07) is 7.18. The number of hydrogen-bond acceptors (Lipinski definition) is 4. The summed E-state index contributed by atoms with van der Waals surface area (Å²) in [5.41, 5.74) is 1.34. The van der Waals surface area contributed by atoms with Gasteiger partial charge in [-0.1, -0.05) is 0 Å². The molecule has 0 aliphatic heterocycles. The molecule has 5 nitrogen and oxygen atoms in total. The highest BCUT2D eigenvalue weighted by Gasteiger charge is 2.14.